The molecule has 20 heavy (non-hydrogen) atoms. The number of rotatable bonds is 3. The molecule has 1 unspecified atom stereocenters. The largest absolute Gasteiger partial charge is 0.387 e. The molecule has 0 bridgehead atoms. The Bertz CT molecular complexity index is 735. The first-order chi connectivity index (χ1) is 9.66. The Labute approximate surface area is 116 Å². The molecule has 1 atom stereocenters. The van der Waals surface area contributed by atoms with Crippen molar-refractivity contribution in [2.75, 3.05) is 0 Å². The van der Waals surface area contributed by atoms with E-state index in [1.54, 1.807) is 23.6 Å². The van der Waals surface area contributed by atoms with E-state index in [1.807, 2.05) is 30.3 Å². The van der Waals surface area contributed by atoms with Crippen molar-refractivity contribution >= 4 is 5.65 Å². The van der Waals surface area contributed by atoms with Gasteiger partial charge in [0.25, 0.3) is 0 Å². The van der Waals surface area contributed by atoms with E-state index in [-0.39, 0.29) is 11.5 Å². The number of aromatic nitrogens is 2. The number of pyridine rings is 1. The second kappa shape index (κ2) is 5.06. The molecule has 3 nitrogen and oxygen atoms in total. The highest BCUT2D eigenvalue weighted by atomic mass is 19.1. The average Bonchev–Trinajstić information content (AvgIpc) is 2.79. The van der Waals surface area contributed by atoms with Gasteiger partial charge < -0.3 is 5.11 Å². The Morgan fingerprint density at radius 1 is 1.20 bits per heavy atom. The number of halogens is 1. The minimum absolute atomic E-state index is 0.259. The Kier molecular flexibility index (Phi) is 3.24. The second-order valence-corrected chi connectivity index (χ2v) is 4.83. The summed E-state index contributed by atoms with van der Waals surface area (Å²) in [6, 6.07) is 12.8. The molecule has 0 spiro atoms. The van der Waals surface area contributed by atoms with Crippen LogP contribution in [0.15, 0.2) is 48.7 Å². The zero-order valence-electron chi connectivity index (χ0n) is 11.1. The first-order valence-electron chi connectivity index (χ1n) is 6.54. The summed E-state index contributed by atoms with van der Waals surface area (Å²) in [5, 5.41) is 9.98. The van der Waals surface area contributed by atoms with Crippen molar-refractivity contribution in [3.63, 3.8) is 0 Å². The van der Waals surface area contributed by atoms with Gasteiger partial charge in [0, 0.05) is 12.6 Å². The summed E-state index contributed by atoms with van der Waals surface area (Å²) in [6.45, 7) is 1.67. The van der Waals surface area contributed by atoms with E-state index >= 15 is 0 Å². The number of imidazole rings is 1. The summed E-state index contributed by atoms with van der Waals surface area (Å²) in [6.07, 6.45) is 1.59. The molecule has 0 fully saturated rings. The molecule has 0 saturated heterocycles. The minimum Gasteiger partial charge on any atom is -0.387 e. The Morgan fingerprint density at radius 2 is 1.95 bits per heavy atom. The van der Waals surface area contributed by atoms with Gasteiger partial charge in [-0.25, -0.2) is 9.37 Å². The predicted molar refractivity (Wildman–Crippen MR) is 75.0 cm³/mol. The summed E-state index contributed by atoms with van der Waals surface area (Å²) >= 11 is 0. The van der Waals surface area contributed by atoms with Gasteiger partial charge >= 0.3 is 0 Å². The maximum atomic E-state index is 13.8. The number of fused-ring (bicyclic) bond motifs is 1. The molecule has 1 N–H and O–H groups in total. The minimum atomic E-state index is -0.703. The number of hydrogen-bond acceptors (Lipinski definition) is 2. The van der Waals surface area contributed by atoms with E-state index in [1.165, 1.54) is 6.07 Å². The molecule has 1 aromatic carbocycles. The first kappa shape index (κ1) is 12.8. The fourth-order valence-corrected chi connectivity index (χ4v) is 2.46. The standard InChI is InChI=1S/C16H15FN2O/c1-11(20)15-14(10-12-6-3-2-4-7-12)18-16-13(17)8-5-9-19(15)16/h2-9,11,20H,10H2,1H3. The fraction of sp³-hybridized carbons (Fsp3) is 0.188. The van der Waals surface area contributed by atoms with Crippen LogP contribution in [0.25, 0.3) is 5.65 Å². The molecule has 0 aliphatic heterocycles. The van der Waals surface area contributed by atoms with Gasteiger partial charge in [-0.3, -0.25) is 4.40 Å². The van der Waals surface area contributed by atoms with E-state index in [0.717, 1.165) is 5.56 Å². The van der Waals surface area contributed by atoms with Crippen LogP contribution >= 0.6 is 0 Å². The van der Waals surface area contributed by atoms with Crippen LogP contribution in [0.1, 0.15) is 30.0 Å². The molecule has 4 heteroatoms. The quantitative estimate of drug-likeness (QED) is 0.794. The maximum Gasteiger partial charge on any atom is 0.173 e. The van der Waals surface area contributed by atoms with Crippen LogP contribution < -0.4 is 0 Å². The van der Waals surface area contributed by atoms with Crippen molar-refractivity contribution in [3.05, 3.63) is 71.4 Å². The van der Waals surface area contributed by atoms with Crippen molar-refractivity contribution in [3.8, 4) is 0 Å². The predicted octanol–water partition coefficient (Wildman–Crippen LogP) is 3.12. The van der Waals surface area contributed by atoms with Gasteiger partial charge in [-0.15, -0.1) is 0 Å². The van der Waals surface area contributed by atoms with E-state index in [4.69, 9.17) is 0 Å². The van der Waals surface area contributed by atoms with Crippen molar-refractivity contribution in [2.45, 2.75) is 19.4 Å². The SMILES string of the molecule is CC(O)c1c(Cc2ccccc2)nc2c(F)cccn12. The van der Waals surface area contributed by atoms with Crippen molar-refractivity contribution < 1.29 is 9.50 Å². The van der Waals surface area contributed by atoms with E-state index in [9.17, 15) is 9.50 Å². The lowest BCUT2D eigenvalue weighted by Crippen LogP contribution is -2.02. The lowest BCUT2D eigenvalue weighted by Gasteiger charge is -2.07. The number of nitrogens with zero attached hydrogens (tertiary/aromatic N) is 2. The van der Waals surface area contributed by atoms with Crippen LogP contribution in [0, 0.1) is 5.82 Å². The zero-order valence-corrected chi connectivity index (χ0v) is 11.1. The molecule has 3 rings (SSSR count). The highest BCUT2D eigenvalue weighted by Gasteiger charge is 2.18. The summed E-state index contributed by atoms with van der Waals surface area (Å²) in [4.78, 5) is 4.36. The molecule has 0 amide bonds. The molecule has 102 valence electrons. The molecule has 0 radical (unpaired) electrons. The molecular weight excluding hydrogens is 255 g/mol. The lowest BCUT2D eigenvalue weighted by atomic mass is 10.1. The van der Waals surface area contributed by atoms with Gasteiger partial charge in [0.05, 0.1) is 17.5 Å². The highest BCUT2D eigenvalue weighted by molar-refractivity contribution is 5.46. The second-order valence-electron chi connectivity index (χ2n) is 4.83. The van der Waals surface area contributed by atoms with Crippen molar-refractivity contribution in [1.29, 1.82) is 0 Å². The molecule has 0 aliphatic carbocycles. The Hall–Kier alpha value is -2.20. The van der Waals surface area contributed by atoms with Crippen LogP contribution in [0.4, 0.5) is 4.39 Å². The monoisotopic (exact) mass is 270 g/mol. The number of aliphatic hydroxyl groups is 1. The molecule has 2 aromatic heterocycles. The Balaban J connectivity index is 2.15. The molecule has 0 saturated carbocycles. The number of benzene rings is 1. The van der Waals surface area contributed by atoms with Gasteiger partial charge in [0.2, 0.25) is 0 Å². The van der Waals surface area contributed by atoms with Crippen molar-refractivity contribution in [2.24, 2.45) is 0 Å². The topological polar surface area (TPSA) is 37.5 Å². The van der Waals surface area contributed by atoms with Gasteiger partial charge in [0.1, 0.15) is 0 Å². The van der Waals surface area contributed by atoms with Crippen LogP contribution in [0.2, 0.25) is 0 Å². The van der Waals surface area contributed by atoms with Crippen LogP contribution in [-0.2, 0) is 6.42 Å². The lowest BCUT2D eigenvalue weighted by molar-refractivity contribution is 0.192. The molecule has 0 aliphatic rings. The van der Waals surface area contributed by atoms with E-state index in [0.29, 0.717) is 17.8 Å². The molecule has 3 aromatic rings. The van der Waals surface area contributed by atoms with Crippen LogP contribution in [0.3, 0.4) is 0 Å². The smallest absolute Gasteiger partial charge is 0.173 e. The Morgan fingerprint density at radius 3 is 2.65 bits per heavy atom. The van der Waals surface area contributed by atoms with Gasteiger partial charge in [-0.2, -0.15) is 0 Å². The van der Waals surface area contributed by atoms with Gasteiger partial charge in [0.15, 0.2) is 11.5 Å². The third-order valence-corrected chi connectivity index (χ3v) is 3.33. The highest BCUT2D eigenvalue weighted by Crippen LogP contribution is 2.23. The van der Waals surface area contributed by atoms with Crippen molar-refractivity contribution in [1.82, 2.24) is 9.38 Å². The van der Waals surface area contributed by atoms with Gasteiger partial charge in [-0.05, 0) is 24.6 Å². The van der Waals surface area contributed by atoms with Gasteiger partial charge in [-0.1, -0.05) is 30.3 Å². The summed E-state index contributed by atoms with van der Waals surface area (Å²) in [5.41, 5.74) is 2.69. The van der Waals surface area contributed by atoms with Crippen LogP contribution in [-0.4, -0.2) is 14.5 Å². The summed E-state index contributed by atoms with van der Waals surface area (Å²) in [5.74, 6) is -0.381. The molecule has 2 heterocycles. The third-order valence-electron chi connectivity index (χ3n) is 3.33. The fourth-order valence-electron chi connectivity index (χ4n) is 2.46. The summed E-state index contributed by atoms with van der Waals surface area (Å²) in [7, 11) is 0. The number of aliphatic hydroxyl groups excluding tert-OH is 1. The zero-order chi connectivity index (χ0) is 14.1. The van der Waals surface area contributed by atoms with E-state index in [2.05, 4.69) is 4.98 Å². The molecular formula is C16H15FN2O. The normalized spacial score (nSPS) is 12.8. The summed E-state index contributed by atoms with van der Waals surface area (Å²) < 4.78 is 15.4. The third kappa shape index (κ3) is 2.18. The number of hydrogen-bond donors (Lipinski definition) is 1. The van der Waals surface area contributed by atoms with E-state index < -0.39 is 6.10 Å². The van der Waals surface area contributed by atoms with Crippen LogP contribution in [0.5, 0.6) is 0 Å². The maximum absolute atomic E-state index is 13.8. The average molecular weight is 270 g/mol. The first-order valence-corrected chi connectivity index (χ1v) is 6.54.